The largest absolute Gasteiger partial charge is 1.00 e. The fourth-order valence-corrected chi connectivity index (χ4v) is 0. The van der Waals surface area contributed by atoms with E-state index in [0.717, 1.165) is 0 Å². The van der Waals surface area contributed by atoms with E-state index in [1.807, 2.05) is 0 Å². The van der Waals surface area contributed by atoms with Crippen molar-refractivity contribution in [3.8, 4) is 0 Å². The quantitative estimate of drug-likeness (QED) is 0.412. The molecule has 0 aliphatic rings. The minimum Gasteiger partial charge on any atom is -0.652 e. The van der Waals surface area contributed by atoms with Gasteiger partial charge >= 0.3 is 29.6 Å². The molecule has 0 rings (SSSR count). The fourth-order valence-electron chi connectivity index (χ4n) is 0. The van der Waals surface area contributed by atoms with Crippen LogP contribution in [0, 0.1) is 0 Å². The molecule has 1 radical (unpaired) electrons. The van der Waals surface area contributed by atoms with Gasteiger partial charge in [-0.3, -0.25) is 0 Å². The van der Waals surface area contributed by atoms with Crippen molar-refractivity contribution >= 4 is 6.16 Å². The van der Waals surface area contributed by atoms with Gasteiger partial charge in [0.1, 0.15) is 0 Å². The monoisotopic (exact) mass is 270 g/mol. The standard InChI is InChI=1S/CH2O3.Na.Re/c2-1(3)4;;/h(H2,2,3,4);;/q;+1;/p-2. The Morgan fingerprint density at radius 3 is 1.33 bits per heavy atom. The zero-order valence-electron chi connectivity index (χ0n) is 3.10. The first-order valence-corrected chi connectivity index (χ1v) is 0.612. The van der Waals surface area contributed by atoms with E-state index in [1.54, 1.807) is 0 Å². The number of carbonyl (C=O) groups is 1. The Bertz CT molecular complexity index is 33.8. The molecular formula is CNaO3Re-. The third kappa shape index (κ3) is 87.7. The van der Waals surface area contributed by atoms with Gasteiger partial charge in [0.05, 0.1) is 0 Å². The number of hydrogen-bond acceptors (Lipinski definition) is 3. The molecule has 0 saturated heterocycles. The third-order valence-electron chi connectivity index (χ3n) is 0. The molecule has 0 aromatic carbocycles. The third-order valence-corrected chi connectivity index (χ3v) is 0. The summed E-state index contributed by atoms with van der Waals surface area (Å²) in [5.41, 5.74) is 0. The molecule has 0 spiro atoms. The van der Waals surface area contributed by atoms with Gasteiger partial charge in [-0.15, -0.1) is 0 Å². The van der Waals surface area contributed by atoms with E-state index in [-0.39, 0.29) is 50.0 Å². The number of rotatable bonds is 0. The van der Waals surface area contributed by atoms with E-state index in [9.17, 15) is 0 Å². The van der Waals surface area contributed by atoms with Crippen molar-refractivity contribution in [1.82, 2.24) is 0 Å². The molecule has 5 heteroatoms. The smallest absolute Gasteiger partial charge is 0.652 e. The van der Waals surface area contributed by atoms with Gasteiger partial charge in [0, 0.05) is 20.4 Å². The zero-order chi connectivity index (χ0) is 3.58. The molecule has 0 aliphatic carbocycles. The van der Waals surface area contributed by atoms with E-state index in [1.165, 1.54) is 0 Å². The van der Waals surface area contributed by atoms with E-state index < -0.39 is 6.16 Å². The molecule has 0 heterocycles. The SMILES string of the molecule is O=C([O-])[O-].[Na+].[Re]. The van der Waals surface area contributed by atoms with Gasteiger partial charge in [0.25, 0.3) is 0 Å². The van der Waals surface area contributed by atoms with E-state index in [0.29, 0.717) is 0 Å². The summed E-state index contributed by atoms with van der Waals surface area (Å²) in [5, 5.41) is 16.7. The van der Waals surface area contributed by atoms with Crippen LogP contribution in [-0.4, -0.2) is 6.16 Å². The molecule has 0 aromatic rings. The van der Waals surface area contributed by atoms with Crippen LogP contribution in [0.15, 0.2) is 0 Å². The first kappa shape index (κ1) is 15.8. The van der Waals surface area contributed by atoms with Crippen molar-refractivity contribution in [2.24, 2.45) is 0 Å². The second-order valence-corrected chi connectivity index (χ2v) is 0.250. The van der Waals surface area contributed by atoms with Gasteiger partial charge in [-0.1, -0.05) is 0 Å². The predicted molar refractivity (Wildman–Crippen MR) is 5.40 cm³/mol. The van der Waals surface area contributed by atoms with Crippen LogP contribution in [0.25, 0.3) is 0 Å². The average Bonchev–Trinajstić information content (AvgIpc) is 0.811. The first-order valence-electron chi connectivity index (χ1n) is 0.612. The molecule has 0 atom stereocenters. The molecule has 0 N–H and O–H groups in total. The van der Waals surface area contributed by atoms with Crippen LogP contribution in [0.1, 0.15) is 0 Å². The molecule has 0 amide bonds. The summed E-state index contributed by atoms with van der Waals surface area (Å²) < 4.78 is 0. The van der Waals surface area contributed by atoms with Gasteiger partial charge in [-0.05, 0) is 6.16 Å². The molecule has 0 aromatic heterocycles. The maximum atomic E-state index is 8.33. The molecule has 0 bridgehead atoms. The summed E-state index contributed by atoms with van der Waals surface area (Å²) in [6.07, 6.45) is -2.33. The molecule has 0 aliphatic heterocycles. The van der Waals surface area contributed by atoms with Crippen LogP contribution in [0.3, 0.4) is 0 Å². The molecule has 31 valence electrons. The number of carbonyl (C=O) groups excluding carboxylic acids is 1. The van der Waals surface area contributed by atoms with E-state index in [2.05, 4.69) is 0 Å². The van der Waals surface area contributed by atoms with Gasteiger partial charge in [-0.2, -0.15) is 0 Å². The summed E-state index contributed by atoms with van der Waals surface area (Å²) in [5.74, 6) is 0. The van der Waals surface area contributed by atoms with Crippen LogP contribution < -0.4 is 39.8 Å². The van der Waals surface area contributed by atoms with Crippen molar-refractivity contribution < 1.29 is 65.0 Å². The van der Waals surface area contributed by atoms with E-state index >= 15 is 0 Å². The molecule has 0 unspecified atom stereocenters. The summed E-state index contributed by atoms with van der Waals surface area (Å²) >= 11 is 0. The summed E-state index contributed by atoms with van der Waals surface area (Å²) in [4.78, 5) is 8.33. The van der Waals surface area contributed by atoms with Crippen molar-refractivity contribution in [3.63, 3.8) is 0 Å². The van der Waals surface area contributed by atoms with E-state index in [4.69, 9.17) is 15.0 Å². The maximum Gasteiger partial charge on any atom is 1.00 e. The normalized spacial score (nSPS) is 4.00. The Hall–Kier alpha value is 0.932. The Morgan fingerprint density at radius 2 is 1.33 bits per heavy atom. The zero-order valence-corrected chi connectivity index (χ0v) is 7.82. The van der Waals surface area contributed by atoms with Gasteiger partial charge in [-0.25, -0.2) is 0 Å². The second-order valence-electron chi connectivity index (χ2n) is 0.250. The Morgan fingerprint density at radius 1 is 1.33 bits per heavy atom. The Labute approximate surface area is 70.7 Å². The molecule has 3 nitrogen and oxygen atoms in total. The van der Waals surface area contributed by atoms with Crippen LogP contribution in [0.5, 0.6) is 0 Å². The molecule has 0 saturated carbocycles. The van der Waals surface area contributed by atoms with Crippen LogP contribution in [0.4, 0.5) is 4.79 Å². The van der Waals surface area contributed by atoms with Crippen molar-refractivity contribution in [3.05, 3.63) is 0 Å². The minimum absolute atomic E-state index is 0. The van der Waals surface area contributed by atoms with Crippen molar-refractivity contribution in [2.75, 3.05) is 0 Å². The Balaban J connectivity index is -0.0000000450. The van der Waals surface area contributed by atoms with Crippen LogP contribution >= 0.6 is 0 Å². The Kier molecular flexibility index (Phi) is 24.5. The second kappa shape index (κ2) is 9.33. The maximum absolute atomic E-state index is 8.33. The fraction of sp³-hybridized carbons (Fsp3) is 0. The number of hydrogen-bond donors (Lipinski definition) is 0. The minimum atomic E-state index is -2.33. The van der Waals surface area contributed by atoms with Crippen molar-refractivity contribution in [2.45, 2.75) is 0 Å². The van der Waals surface area contributed by atoms with Gasteiger partial charge < -0.3 is 15.0 Å². The first-order chi connectivity index (χ1) is 1.73. The van der Waals surface area contributed by atoms with Gasteiger partial charge in [0.15, 0.2) is 0 Å². The van der Waals surface area contributed by atoms with Crippen LogP contribution in [-0.2, 0) is 20.4 Å². The van der Waals surface area contributed by atoms with Gasteiger partial charge in [0.2, 0.25) is 0 Å². The van der Waals surface area contributed by atoms with Crippen molar-refractivity contribution in [1.29, 1.82) is 0 Å². The predicted octanol–water partition coefficient (Wildman–Crippen LogP) is -5.45. The summed E-state index contributed by atoms with van der Waals surface area (Å²) in [6, 6.07) is 0. The molecule has 0 fully saturated rings. The molecular weight excluding hydrogens is 269 g/mol. The topological polar surface area (TPSA) is 63.2 Å². The number of carboxylic acid groups (broad SMARTS) is 2. The average molecular weight is 269 g/mol. The molecule has 6 heavy (non-hydrogen) atoms. The summed E-state index contributed by atoms with van der Waals surface area (Å²) in [7, 11) is 0. The summed E-state index contributed by atoms with van der Waals surface area (Å²) in [6.45, 7) is 0. The van der Waals surface area contributed by atoms with Crippen LogP contribution in [0.2, 0.25) is 0 Å².